The Morgan fingerprint density at radius 1 is 1.13 bits per heavy atom. The molecule has 0 radical (unpaired) electrons. The van der Waals surface area contributed by atoms with E-state index >= 15 is 0 Å². The largest absolute Gasteiger partial charge is 0.490 e. The molecule has 0 saturated carbocycles. The summed E-state index contributed by atoms with van der Waals surface area (Å²) in [6.07, 6.45) is 4.72. The maximum absolute atomic E-state index is 12.2. The first-order chi connectivity index (χ1) is 14.7. The van der Waals surface area contributed by atoms with Crippen LogP contribution < -0.4 is 4.74 Å². The Balaban J connectivity index is 1.49. The summed E-state index contributed by atoms with van der Waals surface area (Å²) >= 11 is 0. The molecule has 1 aliphatic rings. The number of ether oxygens (including phenoxy) is 3. The average Bonchev–Trinajstić information content (AvgIpc) is 2.77. The van der Waals surface area contributed by atoms with Crippen molar-refractivity contribution < 1.29 is 23.8 Å². The van der Waals surface area contributed by atoms with Crippen molar-refractivity contribution in [3.8, 4) is 17.1 Å². The van der Waals surface area contributed by atoms with Crippen molar-refractivity contribution in [1.82, 2.24) is 14.9 Å². The van der Waals surface area contributed by atoms with Gasteiger partial charge in [0.2, 0.25) is 0 Å². The van der Waals surface area contributed by atoms with Crippen LogP contribution in [0, 0.1) is 5.92 Å². The number of piperidine rings is 1. The summed E-state index contributed by atoms with van der Waals surface area (Å²) in [6.45, 7) is 7.48. The minimum atomic E-state index is -0.482. The smallest absolute Gasteiger partial charge is 0.410 e. The first-order valence-electron chi connectivity index (χ1n) is 10.4. The lowest BCUT2D eigenvalue weighted by molar-refractivity contribution is 0.0164. The number of esters is 1. The number of amides is 1. The fourth-order valence-corrected chi connectivity index (χ4v) is 3.27. The first kappa shape index (κ1) is 22.5. The molecule has 166 valence electrons. The van der Waals surface area contributed by atoms with Gasteiger partial charge in [0.1, 0.15) is 5.60 Å². The van der Waals surface area contributed by atoms with E-state index in [4.69, 9.17) is 14.2 Å². The number of likely N-dealkylation sites (tertiary alicyclic amines) is 1. The second-order valence-electron chi connectivity index (χ2n) is 8.54. The van der Waals surface area contributed by atoms with Crippen molar-refractivity contribution in [2.24, 2.45) is 5.92 Å². The van der Waals surface area contributed by atoms with Gasteiger partial charge in [-0.3, -0.25) is 0 Å². The lowest BCUT2D eigenvalue weighted by Gasteiger charge is -2.33. The number of rotatable bonds is 5. The van der Waals surface area contributed by atoms with E-state index in [1.807, 2.05) is 26.8 Å². The molecule has 31 heavy (non-hydrogen) atoms. The van der Waals surface area contributed by atoms with Crippen molar-refractivity contribution in [1.29, 1.82) is 0 Å². The number of aromatic nitrogens is 2. The van der Waals surface area contributed by atoms with Crippen LogP contribution in [0.3, 0.4) is 0 Å². The number of carbonyl (C=O) groups excluding carboxylic acids is 2. The van der Waals surface area contributed by atoms with Gasteiger partial charge in [-0.25, -0.2) is 19.6 Å². The molecular formula is C23H29N3O5. The van der Waals surface area contributed by atoms with Gasteiger partial charge < -0.3 is 19.1 Å². The monoisotopic (exact) mass is 427 g/mol. The second-order valence-corrected chi connectivity index (χ2v) is 8.54. The third-order valence-corrected chi connectivity index (χ3v) is 4.92. The highest BCUT2D eigenvalue weighted by atomic mass is 16.6. The molecule has 1 fully saturated rings. The molecule has 8 heteroatoms. The van der Waals surface area contributed by atoms with E-state index in [2.05, 4.69) is 9.97 Å². The number of nitrogens with zero attached hydrogens (tertiary/aromatic N) is 3. The van der Waals surface area contributed by atoms with E-state index in [9.17, 15) is 9.59 Å². The van der Waals surface area contributed by atoms with E-state index in [0.717, 1.165) is 18.4 Å². The third-order valence-electron chi connectivity index (χ3n) is 4.92. The predicted octanol–water partition coefficient (Wildman–Crippen LogP) is 3.96. The average molecular weight is 428 g/mol. The normalized spacial score (nSPS) is 14.8. The highest BCUT2D eigenvalue weighted by Gasteiger charge is 2.27. The molecule has 1 amide bonds. The summed E-state index contributed by atoms with van der Waals surface area (Å²) in [5.74, 6) is 1.04. The van der Waals surface area contributed by atoms with Crippen LogP contribution in [-0.2, 0) is 9.47 Å². The number of methoxy groups -OCH3 is 1. The first-order valence-corrected chi connectivity index (χ1v) is 10.4. The Morgan fingerprint density at radius 3 is 2.42 bits per heavy atom. The lowest BCUT2D eigenvalue weighted by atomic mass is 9.98. The Hall–Kier alpha value is -3.16. The molecule has 0 N–H and O–H groups in total. The Labute approximate surface area is 182 Å². The molecule has 8 nitrogen and oxygen atoms in total. The van der Waals surface area contributed by atoms with Gasteiger partial charge in [0.25, 0.3) is 0 Å². The zero-order chi connectivity index (χ0) is 22.4. The van der Waals surface area contributed by atoms with Gasteiger partial charge in [-0.1, -0.05) is 12.1 Å². The number of hydrogen-bond acceptors (Lipinski definition) is 7. The molecule has 0 atom stereocenters. The quantitative estimate of drug-likeness (QED) is 0.667. The Bertz CT molecular complexity index is 900. The van der Waals surface area contributed by atoms with E-state index < -0.39 is 11.6 Å². The van der Waals surface area contributed by atoms with E-state index in [-0.39, 0.29) is 6.09 Å². The molecule has 2 heterocycles. The minimum absolute atomic E-state index is 0.257. The fourth-order valence-electron chi connectivity index (χ4n) is 3.27. The van der Waals surface area contributed by atoms with Gasteiger partial charge in [-0.2, -0.15) is 0 Å². The zero-order valence-corrected chi connectivity index (χ0v) is 18.5. The van der Waals surface area contributed by atoms with Crippen LogP contribution in [0.4, 0.5) is 4.79 Å². The maximum atomic E-state index is 12.2. The van der Waals surface area contributed by atoms with Crippen LogP contribution in [0.15, 0.2) is 36.7 Å². The van der Waals surface area contributed by atoms with Crippen LogP contribution in [0.25, 0.3) is 11.4 Å². The fraction of sp³-hybridized carbons (Fsp3) is 0.478. The number of hydrogen-bond donors (Lipinski definition) is 0. The number of carbonyl (C=O) groups is 2. The molecule has 3 rings (SSSR count). The minimum Gasteiger partial charge on any atom is -0.490 e. The van der Waals surface area contributed by atoms with Crippen molar-refractivity contribution in [3.05, 3.63) is 42.2 Å². The predicted molar refractivity (Wildman–Crippen MR) is 115 cm³/mol. The van der Waals surface area contributed by atoms with Gasteiger partial charge in [0, 0.05) is 18.7 Å². The molecule has 1 aromatic heterocycles. The van der Waals surface area contributed by atoms with Gasteiger partial charge >= 0.3 is 12.1 Å². The zero-order valence-electron chi connectivity index (χ0n) is 18.5. The van der Waals surface area contributed by atoms with Gasteiger partial charge in [0.15, 0.2) is 11.6 Å². The molecule has 1 aliphatic heterocycles. The molecule has 1 aromatic carbocycles. The van der Waals surface area contributed by atoms with Gasteiger partial charge in [-0.05, 0) is 51.7 Å². The van der Waals surface area contributed by atoms with Crippen molar-refractivity contribution >= 4 is 12.1 Å². The standard InChI is InChI=1S/C23H29N3O5/c1-23(2,3)31-22(28)26-10-8-16(9-11-26)15-30-19-13-24-20(25-14-19)17-6-5-7-18(12-17)21(27)29-4/h5-7,12-14,16H,8-11,15H2,1-4H3. The van der Waals surface area contributed by atoms with E-state index in [1.54, 1.807) is 35.5 Å². The molecule has 1 saturated heterocycles. The molecule has 2 aromatic rings. The van der Waals surface area contributed by atoms with E-state index in [0.29, 0.717) is 42.8 Å². The highest BCUT2D eigenvalue weighted by molar-refractivity contribution is 5.90. The van der Waals surface area contributed by atoms with Crippen LogP contribution in [0.5, 0.6) is 5.75 Å². The highest BCUT2D eigenvalue weighted by Crippen LogP contribution is 2.22. The molecular weight excluding hydrogens is 398 g/mol. The lowest BCUT2D eigenvalue weighted by Crippen LogP contribution is -2.42. The molecule has 0 bridgehead atoms. The molecule has 0 spiro atoms. The summed E-state index contributed by atoms with van der Waals surface area (Å²) in [4.78, 5) is 34.3. The van der Waals surface area contributed by atoms with Crippen LogP contribution in [-0.4, -0.2) is 59.3 Å². The Kier molecular flexibility index (Phi) is 7.09. The summed E-state index contributed by atoms with van der Waals surface area (Å²) in [5, 5.41) is 0. The Morgan fingerprint density at radius 2 is 1.81 bits per heavy atom. The summed E-state index contributed by atoms with van der Waals surface area (Å²) < 4.78 is 16.0. The van der Waals surface area contributed by atoms with Gasteiger partial charge in [0.05, 0.1) is 31.7 Å². The van der Waals surface area contributed by atoms with Crippen LogP contribution >= 0.6 is 0 Å². The molecule has 0 aliphatic carbocycles. The van der Waals surface area contributed by atoms with Gasteiger partial charge in [-0.15, -0.1) is 0 Å². The summed E-state index contributed by atoms with van der Waals surface area (Å²) in [5.41, 5.74) is 0.690. The number of benzene rings is 1. The van der Waals surface area contributed by atoms with Crippen LogP contribution in [0.1, 0.15) is 44.0 Å². The maximum Gasteiger partial charge on any atom is 0.410 e. The van der Waals surface area contributed by atoms with Crippen molar-refractivity contribution in [2.45, 2.75) is 39.2 Å². The van der Waals surface area contributed by atoms with Crippen molar-refractivity contribution in [2.75, 3.05) is 26.8 Å². The van der Waals surface area contributed by atoms with Crippen LogP contribution in [0.2, 0.25) is 0 Å². The molecule has 0 unspecified atom stereocenters. The second kappa shape index (κ2) is 9.76. The topological polar surface area (TPSA) is 90.9 Å². The summed E-state index contributed by atoms with van der Waals surface area (Å²) in [6, 6.07) is 6.97. The third kappa shape index (κ3) is 6.41. The van der Waals surface area contributed by atoms with Crippen molar-refractivity contribution in [3.63, 3.8) is 0 Å². The summed E-state index contributed by atoms with van der Waals surface area (Å²) in [7, 11) is 1.35. The van der Waals surface area contributed by atoms with E-state index in [1.165, 1.54) is 7.11 Å². The SMILES string of the molecule is COC(=O)c1cccc(-c2ncc(OCC3CCN(C(=O)OC(C)(C)C)CC3)cn2)c1.